The van der Waals surface area contributed by atoms with Gasteiger partial charge in [-0.05, 0) is 110 Å². The normalized spacial score (nSPS) is 47.7. The summed E-state index contributed by atoms with van der Waals surface area (Å²) < 4.78 is 0. The van der Waals surface area contributed by atoms with Crippen molar-refractivity contribution in [2.75, 3.05) is 14.1 Å². The van der Waals surface area contributed by atoms with E-state index in [1.165, 1.54) is 57.8 Å². The van der Waals surface area contributed by atoms with Crippen molar-refractivity contribution in [2.45, 2.75) is 98.3 Å². The van der Waals surface area contributed by atoms with E-state index in [4.69, 9.17) is 0 Å². The van der Waals surface area contributed by atoms with Crippen molar-refractivity contribution in [3.63, 3.8) is 0 Å². The Bertz CT molecular complexity index is 614. The topological polar surface area (TPSA) is 20.3 Å². The molecular formula is C27H47NO. The van der Waals surface area contributed by atoms with Crippen LogP contribution in [0, 0.1) is 52.3 Å². The molecular weight excluding hydrogens is 354 g/mol. The fourth-order valence-electron chi connectivity index (χ4n) is 9.22. The van der Waals surface area contributed by atoms with E-state index in [1.807, 2.05) is 14.1 Å². The standard InChI is InChI=1S/C27H47NO/c1-18-13-15-26(3)20(17-18)8-9-21-23-11-10-22(27(23,4)16-14-24(21)26)19(2)7-12-25(29)28(5)6/h18-24H,7-17H2,1-6H3. The first kappa shape index (κ1) is 21.7. The lowest BCUT2D eigenvalue weighted by Gasteiger charge is -2.61. The van der Waals surface area contributed by atoms with Crippen LogP contribution in [0.3, 0.4) is 0 Å². The SMILES string of the molecule is CC1CCC2(C)C(CCC3C2CCC2(C)C(C(C)CCC(=O)N(C)C)CCC32)C1. The maximum Gasteiger partial charge on any atom is 0.222 e. The van der Waals surface area contributed by atoms with E-state index >= 15 is 0 Å². The lowest BCUT2D eigenvalue weighted by Crippen LogP contribution is -2.53. The minimum atomic E-state index is 0.304. The monoisotopic (exact) mass is 401 g/mol. The Kier molecular flexibility index (Phi) is 5.88. The highest BCUT2D eigenvalue weighted by Crippen LogP contribution is 2.68. The van der Waals surface area contributed by atoms with Gasteiger partial charge in [0.15, 0.2) is 0 Å². The molecule has 2 heteroatoms. The van der Waals surface area contributed by atoms with Crippen LogP contribution >= 0.6 is 0 Å². The van der Waals surface area contributed by atoms with Gasteiger partial charge >= 0.3 is 0 Å². The summed E-state index contributed by atoms with van der Waals surface area (Å²) in [5.41, 5.74) is 1.17. The number of hydrogen-bond donors (Lipinski definition) is 0. The van der Waals surface area contributed by atoms with Crippen LogP contribution < -0.4 is 0 Å². The minimum Gasteiger partial charge on any atom is -0.349 e. The van der Waals surface area contributed by atoms with E-state index in [-0.39, 0.29) is 0 Å². The van der Waals surface area contributed by atoms with Gasteiger partial charge in [-0.2, -0.15) is 0 Å². The second kappa shape index (κ2) is 7.86. The van der Waals surface area contributed by atoms with E-state index < -0.39 is 0 Å². The zero-order valence-electron chi connectivity index (χ0n) is 20.2. The molecule has 0 N–H and O–H groups in total. The number of fused-ring (bicyclic) bond motifs is 5. The molecule has 0 radical (unpaired) electrons. The molecule has 0 spiro atoms. The lowest BCUT2D eigenvalue weighted by atomic mass is 9.44. The molecule has 0 bridgehead atoms. The summed E-state index contributed by atoms with van der Waals surface area (Å²) in [6.07, 6.45) is 15.1. The molecule has 0 heterocycles. The zero-order chi connectivity index (χ0) is 21.0. The third-order valence-electron chi connectivity index (χ3n) is 11.0. The molecule has 0 saturated heterocycles. The highest BCUT2D eigenvalue weighted by molar-refractivity contribution is 5.75. The molecule has 0 aliphatic heterocycles. The Hall–Kier alpha value is -0.530. The lowest BCUT2D eigenvalue weighted by molar-refractivity contribution is -0.129. The Morgan fingerprint density at radius 2 is 1.66 bits per heavy atom. The van der Waals surface area contributed by atoms with E-state index in [1.54, 1.807) is 4.90 Å². The first-order chi connectivity index (χ1) is 13.7. The molecule has 0 aromatic carbocycles. The second-order valence-electron chi connectivity index (χ2n) is 12.6. The summed E-state index contributed by atoms with van der Waals surface area (Å²) in [7, 11) is 3.79. The molecule has 4 fully saturated rings. The van der Waals surface area contributed by atoms with Crippen LogP contribution in [0.4, 0.5) is 0 Å². The maximum atomic E-state index is 12.1. The Morgan fingerprint density at radius 3 is 2.38 bits per heavy atom. The minimum absolute atomic E-state index is 0.304. The van der Waals surface area contributed by atoms with Gasteiger partial charge in [-0.15, -0.1) is 0 Å². The fourth-order valence-corrected chi connectivity index (χ4v) is 9.22. The van der Waals surface area contributed by atoms with Crippen LogP contribution in [0.5, 0.6) is 0 Å². The molecule has 0 aromatic heterocycles. The van der Waals surface area contributed by atoms with Crippen molar-refractivity contribution >= 4 is 5.91 Å². The average molecular weight is 402 g/mol. The summed E-state index contributed by atoms with van der Waals surface area (Å²) in [5.74, 6) is 6.73. The molecule has 166 valence electrons. The zero-order valence-corrected chi connectivity index (χ0v) is 20.2. The molecule has 4 saturated carbocycles. The van der Waals surface area contributed by atoms with Crippen molar-refractivity contribution in [3.8, 4) is 0 Å². The van der Waals surface area contributed by atoms with Crippen LogP contribution in [0.2, 0.25) is 0 Å². The molecule has 0 aromatic rings. The number of nitrogens with zero attached hydrogens (tertiary/aromatic N) is 1. The van der Waals surface area contributed by atoms with Crippen LogP contribution in [0.25, 0.3) is 0 Å². The van der Waals surface area contributed by atoms with Crippen LogP contribution in [0.1, 0.15) is 98.3 Å². The molecule has 4 aliphatic rings. The molecule has 4 aliphatic carbocycles. The second-order valence-corrected chi connectivity index (χ2v) is 12.6. The number of hydrogen-bond acceptors (Lipinski definition) is 1. The van der Waals surface area contributed by atoms with Gasteiger partial charge in [0.2, 0.25) is 5.91 Å². The van der Waals surface area contributed by atoms with Gasteiger partial charge in [0.05, 0.1) is 0 Å². The number of rotatable bonds is 4. The average Bonchev–Trinajstić information content (AvgIpc) is 3.03. The number of carbonyl (C=O) groups is 1. The molecule has 29 heavy (non-hydrogen) atoms. The third-order valence-corrected chi connectivity index (χ3v) is 11.0. The van der Waals surface area contributed by atoms with Crippen molar-refractivity contribution < 1.29 is 4.79 Å². The van der Waals surface area contributed by atoms with E-state index in [9.17, 15) is 4.79 Å². The first-order valence-corrected chi connectivity index (χ1v) is 12.9. The summed E-state index contributed by atoms with van der Waals surface area (Å²) in [6, 6.07) is 0. The van der Waals surface area contributed by atoms with Gasteiger partial charge < -0.3 is 4.90 Å². The Balaban J connectivity index is 1.46. The quantitative estimate of drug-likeness (QED) is 0.508. The van der Waals surface area contributed by atoms with Crippen molar-refractivity contribution in [1.82, 2.24) is 4.90 Å². The van der Waals surface area contributed by atoms with Crippen LogP contribution in [-0.2, 0) is 4.79 Å². The highest BCUT2D eigenvalue weighted by Gasteiger charge is 2.60. The van der Waals surface area contributed by atoms with Gasteiger partial charge in [0.25, 0.3) is 0 Å². The number of amides is 1. The summed E-state index contributed by atoms with van der Waals surface area (Å²) >= 11 is 0. The smallest absolute Gasteiger partial charge is 0.222 e. The molecule has 1 amide bonds. The van der Waals surface area contributed by atoms with Crippen molar-refractivity contribution in [2.24, 2.45) is 52.3 Å². The van der Waals surface area contributed by atoms with Gasteiger partial charge in [0, 0.05) is 20.5 Å². The Morgan fingerprint density at radius 1 is 0.966 bits per heavy atom. The molecule has 2 nitrogen and oxygen atoms in total. The summed E-state index contributed by atoms with van der Waals surface area (Å²) in [6.45, 7) is 10.3. The van der Waals surface area contributed by atoms with Gasteiger partial charge in [-0.1, -0.05) is 34.1 Å². The molecule has 4 rings (SSSR count). The van der Waals surface area contributed by atoms with Crippen LogP contribution in [0.15, 0.2) is 0 Å². The predicted molar refractivity (Wildman–Crippen MR) is 121 cm³/mol. The molecule has 9 unspecified atom stereocenters. The van der Waals surface area contributed by atoms with E-state index in [2.05, 4.69) is 27.7 Å². The van der Waals surface area contributed by atoms with Gasteiger partial charge in [-0.3, -0.25) is 4.79 Å². The van der Waals surface area contributed by atoms with E-state index in [0.29, 0.717) is 22.7 Å². The fraction of sp³-hybridized carbons (Fsp3) is 0.963. The summed E-state index contributed by atoms with van der Waals surface area (Å²) in [5, 5.41) is 0. The first-order valence-electron chi connectivity index (χ1n) is 12.9. The van der Waals surface area contributed by atoms with Crippen molar-refractivity contribution in [3.05, 3.63) is 0 Å². The largest absolute Gasteiger partial charge is 0.349 e. The van der Waals surface area contributed by atoms with Crippen LogP contribution in [-0.4, -0.2) is 24.9 Å². The summed E-state index contributed by atoms with van der Waals surface area (Å²) in [4.78, 5) is 13.9. The molecule has 9 atom stereocenters. The number of carbonyl (C=O) groups excluding carboxylic acids is 1. The maximum absolute atomic E-state index is 12.1. The predicted octanol–water partition coefficient (Wildman–Crippen LogP) is 6.79. The van der Waals surface area contributed by atoms with Gasteiger partial charge in [-0.25, -0.2) is 0 Å². The third kappa shape index (κ3) is 3.59. The highest BCUT2D eigenvalue weighted by atomic mass is 16.2. The van der Waals surface area contributed by atoms with Crippen molar-refractivity contribution in [1.29, 1.82) is 0 Å². The Labute approximate surface area is 180 Å². The van der Waals surface area contributed by atoms with E-state index in [0.717, 1.165) is 48.3 Å². The van der Waals surface area contributed by atoms with Gasteiger partial charge in [0.1, 0.15) is 0 Å².